The van der Waals surface area contributed by atoms with E-state index in [1.807, 2.05) is 44.2 Å². The van der Waals surface area contributed by atoms with Crippen LogP contribution < -0.4 is 4.74 Å². The zero-order chi connectivity index (χ0) is 11.8. The zero-order valence-corrected chi connectivity index (χ0v) is 9.93. The van der Waals surface area contributed by atoms with E-state index in [1.54, 1.807) is 0 Å². The summed E-state index contributed by atoms with van der Waals surface area (Å²) < 4.78 is 10.9. The molecule has 0 fully saturated rings. The number of benzene rings is 1. The maximum Gasteiger partial charge on any atom is 0.119 e. The molecule has 0 aliphatic carbocycles. The summed E-state index contributed by atoms with van der Waals surface area (Å²) in [5.41, 5.74) is 0. The first-order chi connectivity index (χ1) is 7.74. The first-order valence-electron chi connectivity index (χ1n) is 5.71. The van der Waals surface area contributed by atoms with Gasteiger partial charge in [0.25, 0.3) is 0 Å². The molecular weight excluding hydrogens is 204 g/mol. The molecule has 1 aromatic rings. The number of para-hydroxylation sites is 1. The number of ether oxygens (including phenoxy) is 2. The van der Waals surface area contributed by atoms with Gasteiger partial charge < -0.3 is 14.6 Å². The average molecular weight is 224 g/mol. The lowest BCUT2D eigenvalue weighted by Gasteiger charge is -2.18. The summed E-state index contributed by atoms with van der Waals surface area (Å²) in [6, 6.07) is 9.62. The summed E-state index contributed by atoms with van der Waals surface area (Å²) in [6.07, 6.45) is 0.182. The van der Waals surface area contributed by atoms with Crippen LogP contribution in [0.1, 0.15) is 20.3 Å². The first-order valence-corrected chi connectivity index (χ1v) is 5.71. The van der Waals surface area contributed by atoms with Crippen molar-refractivity contribution in [3.05, 3.63) is 30.3 Å². The maximum absolute atomic E-state index is 9.48. The Morgan fingerprint density at radius 1 is 1.19 bits per heavy atom. The molecule has 0 radical (unpaired) electrons. The van der Waals surface area contributed by atoms with Gasteiger partial charge in [0.2, 0.25) is 0 Å². The lowest BCUT2D eigenvalue weighted by atomic mass is 10.2. The Morgan fingerprint density at radius 3 is 2.50 bits per heavy atom. The van der Waals surface area contributed by atoms with Crippen LogP contribution in [-0.2, 0) is 4.74 Å². The van der Waals surface area contributed by atoms with Crippen molar-refractivity contribution in [2.24, 2.45) is 0 Å². The monoisotopic (exact) mass is 224 g/mol. The SMILES string of the molecule is CCC(O)C(C)OCCOc1ccccc1. The van der Waals surface area contributed by atoms with Crippen LogP contribution in [0.15, 0.2) is 30.3 Å². The smallest absolute Gasteiger partial charge is 0.119 e. The molecule has 0 saturated carbocycles. The third kappa shape index (κ3) is 4.64. The Kier molecular flexibility index (Phi) is 5.90. The van der Waals surface area contributed by atoms with Crippen LogP contribution in [-0.4, -0.2) is 30.5 Å². The van der Waals surface area contributed by atoms with Crippen LogP contribution in [0.25, 0.3) is 0 Å². The Morgan fingerprint density at radius 2 is 1.88 bits per heavy atom. The summed E-state index contributed by atoms with van der Waals surface area (Å²) in [4.78, 5) is 0. The van der Waals surface area contributed by atoms with Crippen LogP contribution in [0, 0.1) is 0 Å². The molecule has 2 unspecified atom stereocenters. The summed E-state index contributed by atoms with van der Waals surface area (Å²) in [7, 11) is 0. The summed E-state index contributed by atoms with van der Waals surface area (Å²) in [5.74, 6) is 0.842. The van der Waals surface area contributed by atoms with Crippen LogP contribution in [0.3, 0.4) is 0 Å². The van der Waals surface area contributed by atoms with Gasteiger partial charge in [-0.1, -0.05) is 25.1 Å². The molecule has 90 valence electrons. The second-order valence-corrected chi connectivity index (χ2v) is 3.71. The lowest BCUT2D eigenvalue weighted by molar-refractivity contribution is -0.0358. The summed E-state index contributed by atoms with van der Waals surface area (Å²) in [5, 5.41) is 9.48. The highest BCUT2D eigenvalue weighted by atomic mass is 16.5. The largest absolute Gasteiger partial charge is 0.491 e. The second-order valence-electron chi connectivity index (χ2n) is 3.71. The van der Waals surface area contributed by atoms with E-state index in [9.17, 15) is 5.11 Å². The van der Waals surface area contributed by atoms with Gasteiger partial charge in [0.1, 0.15) is 12.4 Å². The average Bonchev–Trinajstić information content (AvgIpc) is 2.34. The molecule has 0 aromatic heterocycles. The van der Waals surface area contributed by atoms with Gasteiger partial charge in [-0.2, -0.15) is 0 Å². The van der Waals surface area contributed by atoms with E-state index < -0.39 is 6.10 Å². The van der Waals surface area contributed by atoms with E-state index in [2.05, 4.69) is 0 Å². The van der Waals surface area contributed by atoms with Crippen LogP contribution >= 0.6 is 0 Å². The van der Waals surface area contributed by atoms with E-state index >= 15 is 0 Å². The van der Waals surface area contributed by atoms with Gasteiger partial charge in [-0.15, -0.1) is 0 Å². The highest BCUT2D eigenvalue weighted by Gasteiger charge is 2.11. The Labute approximate surface area is 97.0 Å². The van der Waals surface area contributed by atoms with Gasteiger partial charge in [0.15, 0.2) is 0 Å². The van der Waals surface area contributed by atoms with Gasteiger partial charge in [-0.05, 0) is 25.5 Å². The number of aliphatic hydroxyl groups is 1. The zero-order valence-electron chi connectivity index (χ0n) is 9.93. The standard InChI is InChI=1S/C13H20O3/c1-3-13(14)11(2)15-9-10-16-12-7-5-4-6-8-12/h4-8,11,13-14H,3,9-10H2,1-2H3. The molecule has 0 heterocycles. The molecule has 3 nitrogen and oxygen atoms in total. The lowest BCUT2D eigenvalue weighted by Crippen LogP contribution is -2.26. The second kappa shape index (κ2) is 7.25. The minimum Gasteiger partial charge on any atom is -0.491 e. The summed E-state index contributed by atoms with van der Waals surface area (Å²) in [6.45, 7) is 4.81. The topological polar surface area (TPSA) is 38.7 Å². The van der Waals surface area contributed by atoms with E-state index in [1.165, 1.54) is 0 Å². The predicted octanol–water partition coefficient (Wildman–Crippen LogP) is 2.24. The van der Waals surface area contributed by atoms with Gasteiger partial charge in [0.05, 0.1) is 18.8 Å². The number of hydrogen-bond acceptors (Lipinski definition) is 3. The molecule has 0 bridgehead atoms. The molecule has 0 saturated heterocycles. The fourth-order valence-corrected chi connectivity index (χ4v) is 1.35. The van der Waals surface area contributed by atoms with Gasteiger partial charge in [-0.3, -0.25) is 0 Å². The normalized spacial score (nSPS) is 14.4. The van der Waals surface area contributed by atoms with Crippen molar-refractivity contribution in [2.45, 2.75) is 32.5 Å². The Bertz CT molecular complexity index is 274. The van der Waals surface area contributed by atoms with Crippen LogP contribution in [0.2, 0.25) is 0 Å². The number of aliphatic hydroxyl groups excluding tert-OH is 1. The molecule has 1 N–H and O–H groups in total. The van der Waals surface area contributed by atoms with Gasteiger partial charge in [0, 0.05) is 0 Å². The minimum atomic E-state index is -0.392. The molecule has 3 heteroatoms. The van der Waals surface area contributed by atoms with E-state index in [0.717, 1.165) is 5.75 Å². The fraction of sp³-hybridized carbons (Fsp3) is 0.538. The van der Waals surface area contributed by atoms with Crippen molar-refractivity contribution in [3.8, 4) is 5.75 Å². The van der Waals surface area contributed by atoms with E-state index in [-0.39, 0.29) is 6.10 Å². The van der Waals surface area contributed by atoms with Crippen molar-refractivity contribution in [1.29, 1.82) is 0 Å². The fourth-order valence-electron chi connectivity index (χ4n) is 1.35. The van der Waals surface area contributed by atoms with E-state index in [4.69, 9.17) is 9.47 Å². The summed E-state index contributed by atoms with van der Waals surface area (Å²) >= 11 is 0. The molecular formula is C13H20O3. The van der Waals surface area contributed by atoms with Crippen molar-refractivity contribution >= 4 is 0 Å². The van der Waals surface area contributed by atoms with Crippen molar-refractivity contribution in [2.75, 3.05) is 13.2 Å². The third-order valence-corrected chi connectivity index (χ3v) is 2.44. The highest BCUT2D eigenvalue weighted by molar-refractivity contribution is 5.20. The van der Waals surface area contributed by atoms with Crippen molar-refractivity contribution in [3.63, 3.8) is 0 Å². The third-order valence-electron chi connectivity index (χ3n) is 2.44. The van der Waals surface area contributed by atoms with Gasteiger partial charge in [-0.25, -0.2) is 0 Å². The molecule has 2 atom stereocenters. The Hall–Kier alpha value is -1.06. The van der Waals surface area contributed by atoms with Crippen LogP contribution in [0.5, 0.6) is 5.75 Å². The Balaban J connectivity index is 2.13. The molecule has 0 aliphatic heterocycles. The first kappa shape index (κ1) is 13.0. The molecule has 1 aromatic carbocycles. The quantitative estimate of drug-likeness (QED) is 0.722. The minimum absolute atomic E-state index is 0.135. The van der Waals surface area contributed by atoms with Gasteiger partial charge >= 0.3 is 0 Å². The highest BCUT2D eigenvalue weighted by Crippen LogP contribution is 2.08. The molecule has 0 amide bonds. The molecule has 16 heavy (non-hydrogen) atoms. The number of hydrogen-bond donors (Lipinski definition) is 1. The van der Waals surface area contributed by atoms with Crippen molar-refractivity contribution in [1.82, 2.24) is 0 Å². The van der Waals surface area contributed by atoms with E-state index in [0.29, 0.717) is 19.6 Å². The molecule has 0 aliphatic rings. The predicted molar refractivity (Wildman–Crippen MR) is 63.6 cm³/mol. The molecule has 1 rings (SSSR count). The number of rotatable bonds is 7. The van der Waals surface area contributed by atoms with Crippen molar-refractivity contribution < 1.29 is 14.6 Å². The molecule has 0 spiro atoms. The maximum atomic E-state index is 9.48. The van der Waals surface area contributed by atoms with Crippen LogP contribution in [0.4, 0.5) is 0 Å².